The van der Waals surface area contributed by atoms with Gasteiger partial charge in [-0.25, -0.2) is 0 Å². The molecule has 0 aliphatic carbocycles. The van der Waals surface area contributed by atoms with Crippen LogP contribution in [0.4, 0.5) is 0 Å². The van der Waals surface area contributed by atoms with E-state index in [4.69, 9.17) is 9.47 Å². The van der Waals surface area contributed by atoms with Crippen molar-refractivity contribution in [2.75, 3.05) is 33.4 Å². The van der Waals surface area contributed by atoms with E-state index in [2.05, 4.69) is 22.0 Å². The van der Waals surface area contributed by atoms with Gasteiger partial charge in [0.2, 0.25) is 0 Å². The number of nitrogens with zero attached hydrogens (tertiary/aromatic N) is 2. The Kier molecular flexibility index (Phi) is 4.73. The summed E-state index contributed by atoms with van der Waals surface area (Å²) >= 11 is 0. The third kappa shape index (κ3) is 3.11. The van der Waals surface area contributed by atoms with Gasteiger partial charge in [0.05, 0.1) is 26.4 Å². The minimum Gasteiger partial charge on any atom is -0.505 e. The number of aromatic hydroxyl groups is 1. The summed E-state index contributed by atoms with van der Waals surface area (Å²) in [6.07, 6.45) is 1.71. The highest BCUT2D eigenvalue weighted by atomic mass is 16.5. The molecule has 1 aliphatic rings. The fourth-order valence-corrected chi connectivity index (χ4v) is 3.57. The van der Waals surface area contributed by atoms with Crippen LogP contribution in [0, 0.1) is 0 Å². The van der Waals surface area contributed by atoms with Crippen LogP contribution >= 0.6 is 0 Å². The number of morpholine rings is 1. The molecule has 1 atom stereocenters. The molecule has 1 N–H and O–H groups in total. The molecule has 0 unspecified atom stereocenters. The topological polar surface area (TPSA) is 54.8 Å². The highest BCUT2D eigenvalue weighted by Crippen LogP contribution is 2.38. The van der Waals surface area contributed by atoms with Gasteiger partial charge < -0.3 is 14.6 Å². The van der Waals surface area contributed by atoms with Crippen LogP contribution in [-0.4, -0.2) is 48.4 Å². The van der Waals surface area contributed by atoms with Crippen molar-refractivity contribution in [3.05, 3.63) is 65.9 Å². The van der Waals surface area contributed by atoms with Gasteiger partial charge in [-0.3, -0.25) is 9.88 Å². The monoisotopic (exact) mass is 350 g/mol. The maximum atomic E-state index is 11.0. The summed E-state index contributed by atoms with van der Waals surface area (Å²) in [5, 5.41) is 11.9. The molecule has 0 spiro atoms. The molecule has 26 heavy (non-hydrogen) atoms. The van der Waals surface area contributed by atoms with E-state index in [0.29, 0.717) is 18.7 Å². The van der Waals surface area contributed by atoms with E-state index in [1.807, 2.05) is 36.4 Å². The van der Waals surface area contributed by atoms with Crippen molar-refractivity contribution in [3.63, 3.8) is 0 Å². The van der Waals surface area contributed by atoms with Crippen LogP contribution in [0.25, 0.3) is 10.9 Å². The first-order chi connectivity index (χ1) is 12.8. The maximum absolute atomic E-state index is 11.0. The molecule has 1 fully saturated rings. The van der Waals surface area contributed by atoms with Crippen molar-refractivity contribution in [1.82, 2.24) is 9.88 Å². The second-order valence-electron chi connectivity index (χ2n) is 6.40. The third-order valence-corrected chi connectivity index (χ3v) is 4.92. The highest BCUT2D eigenvalue weighted by molar-refractivity contribution is 5.85. The predicted molar refractivity (Wildman–Crippen MR) is 101 cm³/mol. The SMILES string of the molecule is COc1ccc([C@@H](c2ccc3cccnc3c2O)N2CCOCC2)cc1. The van der Waals surface area contributed by atoms with Crippen LogP contribution in [0.2, 0.25) is 0 Å². The van der Waals surface area contributed by atoms with E-state index in [1.54, 1.807) is 13.3 Å². The zero-order valence-electron chi connectivity index (χ0n) is 14.8. The summed E-state index contributed by atoms with van der Waals surface area (Å²) in [6.45, 7) is 3.02. The molecule has 1 aliphatic heterocycles. The molecule has 2 aromatic carbocycles. The average molecular weight is 350 g/mol. The smallest absolute Gasteiger partial charge is 0.146 e. The van der Waals surface area contributed by atoms with Crippen molar-refractivity contribution in [1.29, 1.82) is 0 Å². The van der Waals surface area contributed by atoms with Gasteiger partial charge in [0.1, 0.15) is 17.0 Å². The fourth-order valence-electron chi connectivity index (χ4n) is 3.57. The van der Waals surface area contributed by atoms with Gasteiger partial charge in [-0.1, -0.05) is 30.3 Å². The van der Waals surface area contributed by atoms with E-state index in [-0.39, 0.29) is 11.8 Å². The van der Waals surface area contributed by atoms with E-state index in [9.17, 15) is 5.11 Å². The number of ether oxygens (including phenoxy) is 2. The number of phenolic OH excluding ortho intramolecular Hbond substituents is 1. The van der Waals surface area contributed by atoms with Crippen LogP contribution in [0.15, 0.2) is 54.7 Å². The normalized spacial score (nSPS) is 16.5. The molecule has 1 saturated heterocycles. The van der Waals surface area contributed by atoms with Gasteiger partial charge in [0.15, 0.2) is 0 Å². The summed E-state index contributed by atoms with van der Waals surface area (Å²) in [6, 6.07) is 15.8. The van der Waals surface area contributed by atoms with Crippen LogP contribution in [0.3, 0.4) is 0 Å². The van der Waals surface area contributed by atoms with Crippen molar-refractivity contribution in [2.24, 2.45) is 0 Å². The Balaban J connectivity index is 1.82. The lowest BCUT2D eigenvalue weighted by Crippen LogP contribution is -2.39. The molecular formula is C21H22N2O3. The molecule has 0 amide bonds. The Hall–Kier alpha value is -2.63. The molecular weight excluding hydrogens is 328 g/mol. The lowest BCUT2D eigenvalue weighted by atomic mass is 9.94. The van der Waals surface area contributed by atoms with Gasteiger partial charge in [-0.15, -0.1) is 0 Å². The summed E-state index contributed by atoms with van der Waals surface area (Å²) in [5.41, 5.74) is 2.61. The van der Waals surface area contributed by atoms with Crippen LogP contribution in [0.1, 0.15) is 17.2 Å². The summed E-state index contributed by atoms with van der Waals surface area (Å²) < 4.78 is 10.8. The van der Waals surface area contributed by atoms with Gasteiger partial charge in [0.25, 0.3) is 0 Å². The van der Waals surface area contributed by atoms with E-state index >= 15 is 0 Å². The minimum absolute atomic E-state index is 0.0591. The number of hydrogen-bond acceptors (Lipinski definition) is 5. The van der Waals surface area contributed by atoms with Crippen LogP contribution < -0.4 is 4.74 Å². The van der Waals surface area contributed by atoms with Crippen molar-refractivity contribution in [3.8, 4) is 11.5 Å². The molecule has 134 valence electrons. The van der Waals surface area contributed by atoms with Gasteiger partial charge in [0, 0.05) is 30.2 Å². The Morgan fingerprint density at radius 3 is 2.58 bits per heavy atom. The molecule has 0 radical (unpaired) electrons. The summed E-state index contributed by atoms with van der Waals surface area (Å²) in [5.74, 6) is 1.06. The van der Waals surface area contributed by atoms with Crippen molar-refractivity contribution >= 4 is 10.9 Å². The highest BCUT2D eigenvalue weighted by Gasteiger charge is 2.27. The number of aromatic nitrogens is 1. The number of benzene rings is 2. The molecule has 0 bridgehead atoms. The first-order valence-corrected chi connectivity index (χ1v) is 8.80. The van der Waals surface area contributed by atoms with Gasteiger partial charge >= 0.3 is 0 Å². The predicted octanol–water partition coefficient (Wildman–Crippen LogP) is 3.37. The fraction of sp³-hybridized carbons (Fsp3) is 0.286. The van der Waals surface area contributed by atoms with Crippen molar-refractivity contribution in [2.45, 2.75) is 6.04 Å². The summed E-state index contributed by atoms with van der Waals surface area (Å²) in [7, 11) is 1.66. The second kappa shape index (κ2) is 7.32. The second-order valence-corrected chi connectivity index (χ2v) is 6.40. The first kappa shape index (κ1) is 16.8. The zero-order valence-corrected chi connectivity index (χ0v) is 14.8. The zero-order chi connectivity index (χ0) is 17.9. The first-order valence-electron chi connectivity index (χ1n) is 8.80. The van der Waals surface area contributed by atoms with E-state index < -0.39 is 0 Å². The third-order valence-electron chi connectivity index (χ3n) is 4.92. The molecule has 0 saturated carbocycles. The van der Waals surface area contributed by atoms with Gasteiger partial charge in [-0.05, 0) is 23.8 Å². The number of rotatable bonds is 4. The lowest BCUT2D eigenvalue weighted by molar-refractivity contribution is 0.0236. The van der Waals surface area contributed by atoms with Crippen molar-refractivity contribution < 1.29 is 14.6 Å². The molecule has 4 rings (SSSR count). The largest absolute Gasteiger partial charge is 0.505 e. The molecule has 1 aromatic heterocycles. The minimum atomic E-state index is -0.0591. The number of methoxy groups -OCH3 is 1. The average Bonchev–Trinajstić information content (AvgIpc) is 2.71. The van der Waals surface area contributed by atoms with E-state index in [0.717, 1.165) is 35.4 Å². The standard InChI is InChI=1S/C21H22N2O3/c1-25-17-7-4-16(5-8-17)20(23-11-13-26-14-12-23)18-9-6-15-3-2-10-22-19(15)21(18)24/h2-10,20,24H,11-14H2,1H3/t20-/m0/s1. The molecule has 5 nitrogen and oxygen atoms in total. The van der Waals surface area contributed by atoms with Crippen LogP contribution in [-0.2, 0) is 4.74 Å². The molecule has 3 aromatic rings. The van der Waals surface area contributed by atoms with Crippen LogP contribution in [0.5, 0.6) is 11.5 Å². The Bertz CT molecular complexity index is 889. The maximum Gasteiger partial charge on any atom is 0.146 e. The number of fused-ring (bicyclic) bond motifs is 1. The Labute approximate surface area is 152 Å². The lowest BCUT2D eigenvalue weighted by Gasteiger charge is -2.35. The molecule has 5 heteroatoms. The van der Waals surface area contributed by atoms with Gasteiger partial charge in [-0.2, -0.15) is 0 Å². The number of pyridine rings is 1. The van der Waals surface area contributed by atoms with E-state index in [1.165, 1.54) is 0 Å². The Morgan fingerprint density at radius 2 is 1.85 bits per heavy atom. The number of phenols is 1. The quantitative estimate of drug-likeness (QED) is 0.782. The number of hydrogen-bond donors (Lipinski definition) is 1. The Morgan fingerprint density at radius 1 is 1.08 bits per heavy atom. The summed E-state index contributed by atoms with van der Waals surface area (Å²) in [4.78, 5) is 6.72. The molecule has 2 heterocycles.